The fourth-order valence-electron chi connectivity index (χ4n) is 3.50. The first kappa shape index (κ1) is 19.4. The molecule has 1 N–H and O–H groups in total. The smallest absolute Gasteiger partial charge is 0.275 e. The molecular formula is C22H19BrFN3O2. The molecule has 2 aromatic carbocycles. The lowest BCUT2D eigenvalue weighted by atomic mass is 10.2. The molecule has 2 heterocycles. The summed E-state index contributed by atoms with van der Waals surface area (Å²) in [6.45, 7) is 2.28. The van der Waals surface area contributed by atoms with Crippen LogP contribution in [0.3, 0.4) is 0 Å². The number of anilines is 1. The first-order valence-electron chi connectivity index (χ1n) is 9.29. The van der Waals surface area contributed by atoms with Crippen LogP contribution in [0.5, 0.6) is 0 Å². The number of hydrogen-bond acceptors (Lipinski definition) is 2. The summed E-state index contributed by atoms with van der Waals surface area (Å²) >= 11 is 3.44. The maximum absolute atomic E-state index is 13.8. The molecule has 0 unspecified atom stereocenters. The van der Waals surface area contributed by atoms with Crippen molar-refractivity contribution in [1.29, 1.82) is 0 Å². The molecule has 4 aromatic rings. The van der Waals surface area contributed by atoms with E-state index in [0.717, 1.165) is 21.2 Å². The van der Waals surface area contributed by atoms with Crippen LogP contribution in [0, 0.1) is 12.7 Å². The molecule has 2 aromatic heterocycles. The Morgan fingerprint density at radius 3 is 2.72 bits per heavy atom. The standard InChI is InChI=1S/C22H19BrFN3O2/c1-14-12-16(7-8-17(14)23)25-21(28)5-3-11-27-20-13-15(24)6-9-18(20)26-10-2-4-19(26)22(27)29/h2,4,6-10,12-13H,3,5,11H2,1H3,(H,25,28). The summed E-state index contributed by atoms with van der Waals surface area (Å²) in [7, 11) is 0. The van der Waals surface area contributed by atoms with Gasteiger partial charge in [-0.05, 0) is 67.4 Å². The van der Waals surface area contributed by atoms with Crippen LogP contribution in [0.1, 0.15) is 18.4 Å². The summed E-state index contributed by atoms with van der Waals surface area (Å²) < 4.78 is 18.1. The van der Waals surface area contributed by atoms with Gasteiger partial charge in [-0.25, -0.2) is 4.39 Å². The number of aryl methyl sites for hydroxylation is 2. The monoisotopic (exact) mass is 455 g/mol. The molecule has 5 nitrogen and oxygen atoms in total. The van der Waals surface area contributed by atoms with E-state index in [1.165, 1.54) is 12.1 Å². The van der Waals surface area contributed by atoms with Gasteiger partial charge in [0.1, 0.15) is 11.3 Å². The van der Waals surface area contributed by atoms with Crippen LogP contribution in [-0.2, 0) is 11.3 Å². The third-order valence-corrected chi connectivity index (χ3v) is 5.82. The minimum atomic E-state index is -0.402. The first-order chi connectivity index (χ1) is 13.9. The molecule has 0 aliphatic carbocycles. The Morgan fingerprint density at radius 1 is 1.10 bits per heavy atom. The van der Waals surface area contributed by atoms with Crippen molar-refractivity contribution < 1.29 is 9.18 Å². The molecule has 0 fully saturated rings. The van der Waals surface area contributed by atoms with Crippen molar-refractivity contribution in [2.75, 3.05) is 5.32 Å². The van der Waals surface area contributed by atoms with Crippen molar-refractivity contribution in [1.82, 2.24) is 8.97 Å². The van der Waals surface area contributed by atoms with E-state index >= 15 is 0 Å². The van der Waals surface area contributed by atoms with Crippen molar-refractivity contribution in [2.24, 2.45) is 0 Å². The van der Waals surface area contributed by atoms with E-state index in [-0.39, 0.29) is 17.9 Å². The van der Waals surface area contributed by atoms with Crippen LogP contribution < -0.4 is 10.9 Å². The zero-order valence-electron chi connectivity index (χ0n) is 15.8. The van der Waals surface area contributed by atoms with Gasteiger partial charge in [-0.1, -0.05) is 15.9 Å². The second-order valence-corrected chi connectivity index (χ2v) is 7.82. The first-order valence-corrected chi connectivity index (χ1v) is 10.1. The fraction of sp³-hybridized carbons (Fsp3) is 0.182. The molecular weight excluding hydrogens is 437 g/mol. The third-order valence-electron chi connectivity index (χ3n) is 4.93. The summed E-state index contributed by atoms with van der Waals surface area (Å²) in [5.74, 6) is -0.528. The zero-order chi connectivity index (χ0) is 20.5. The average Bonchev–Trinajstić information content (AvgIpc) is 3.17. The maximum atomic E-state index is 13.8. The number of halogens is 2. The van der Waals surface area contributed by atoms with Gasteiger partial charge in [0.25, 0.3) is 5.56 Å². The quantitative estimate of drug-likeness (QED) is 0.465. The fourth-order valence-corrected chi connectivity index (χ4v) is 3.74. The molecule has 0 saturated carbocycles. The molecule has 29 heavy (non-hydrogen) atoms. The predicted octanol–water partition coefficient (Wildman–Crippen LogP) is 4.88. The van der Waals surface area contributed by atoms with Crippen LogP contribution in [0.2, 0.25) is 0 Å². The number of carbonyl (C=O) groups excluding carboxylic acids is 1. The van der Waals surface area contributed by atoms with E-state index in [4.69, 9.17) is 0 Å². The summed E-state index contributed by atoms with van der Waals surface area (Å²) in [5.41, 5.74) is 3.36. The maximum Gasteiger partial charge on any atom is 0.275 e. The Morgan fingerprint density at radius 2 is 1.93 bits per heavy atom. The molecule has 0 aliphatic rings. The number of amides is 1. The topological polar surface area (TPSA) is 55.5 Å². The highest BCUT2D eigenvalue weighted by Crippen LogP contribution is 2.20. The van der Waals surface area contributed by atoms with Crippen LogP contribution in [0.25, 0.3) is 16.6 Å². The third kappa shape index (κ3) is 3.82. The summed E-state index contributed by atoms with van der Waals surface area (Å²) in [6, 6.07) is 13.5. The van der Waals surface area contributed by atoms with Crippen molar-refractivity contribution in [3.8, 4) is 0 Å². The molecule has 148 valence electrons. The van der Waals surface area contributed by atoms with E-state index in [2.05, 4.69) is 21.2 Å². The molecule has 0 spiro atoms. The van der Waals surface area contributed by atoms with Crippen LogP contribution in [-0.4, -0.2) is 14.9 Å². The van der Waals surface area contributed by atoms with Gasteiger partial charge in [-0.2, -0.15) is 0 Å². The Hall–Kier alpha value is -2.93. The highest BCUT2D eigenvalue weighted by Gasteiger charge is 2.12. The SMILES string of the molecule is Cc1cc(NC(=O)CCCn2c(=O)c3cccn3c3ccc(F)cc32)ccc1Br. The number of nitrogens with one attached hydrogen (secondary N) is 1. The van der Waals surface area contributed by atoms with E-state index in [1.54, 1.807) is 33.4 Å². The molecule has 7 heteroatoms. The normalized spacial score (nSPS) is 11.3. The number of fused-ring (bicyclic) bond motifs is 3. The van der Waals surface area contributed by atoms with E-state index in [9.17, 15) is 14.0 Å². The lowest BCUT2D eigenvalue weighted by Crippen LogP contribution is -2.23. The largest absolute Gasteiger partial charge is 0.326 e. The Balaban J connectivity index is 1.54. The van der Waals surface area contributed by atoms with Crippen molar-refractivity contribution in [3.05, 3.63) is 80.9 Å². The van der Waals surface area contributed by atoms with Crippen molar-refractivity contribution in [2.45, 2.75) is 26.3 Å². The molecule has 0 saturated heterocycles. The zero-order valence-corrected chi connectivity index (χ0v) is 17.4. The number of nitrogens with zero attached hydrogens (tertiary/aromatic N) is 2. The van der Waals surface area contributed by atoms with E-state index < -0.39 is 5.82 Å². The Labute approximate surface area is 174 Å². The second-order valence-electron chi connectivity index (χ2n) is 6.97. The number of aromatic nitrogens is 2. The van der Waals surface area contributed by atoms with Gasteiger partial charge in [0.15, 0.2) is 0 Å². The van der Waals surface area contributed by atoms with Crippen molar-refractivity contribution >= 4 is 44.1 Å². The van der Waals surface area contributed by atoms with Gasteiger partial charge in [0, 0.05) is 29.3 Å². The van der Waals surface area contributed by atoms with Crippen LogP contribution in [0.15, 0.2) is 64.0 Å². The van der Waals surface area contributed by atoms with Gasteiger partial charge in [-0.15, -0.1) is 0 Å². The van der Waals surface area contributed by atoms with E-state index in [1.807, 2.05) is 25.1 Å². The molecule has 0 aliphatic heterocycles. The average molecular weight is 456 g/mol. The molecule has 4 rings (SSSR count). The molecule has 0 radical (unpaired) electrons. The number of rotatable bonds is 5. The minimum absolute atomic E-state index is 0.126. The summed E-state index contributed by atoms with van der Waals surface area (Å²) in [4.78, 5) is 25.2. The number of benzene rings is 2. The van der Waals surface area contributed by atoms with Gasteiger partial charge < -0.3 is 14.3 Å². The van der Waals surface area contributed by atoms with Gasteiger partial charge in [0.2, 0.25) is 5.91 Å². The minimum Gasteiger partial charge on any atom is -0.326 e. The summed E-state index contributed by atoms with van der Waals surface area (Å²) in [6.07, 6.45) is 2.50. The summed E-state index contributed by atoms with van der Waals surface area (Å²) in [5, 5.41) is 2.87. The highest BCUT2D eigenvalue weighted by molar-refractivity contribution is 9.10. The lowest BCUT2D eigenvalue weighted by Gasteiger charge is -2.13. The van der Waals surface area contributed by atoms with Gasteiger partial charge in [-0.3, -0.25) is 9.59 Å². The van der Waals surface area contributed by atoms with E-state index in [0.29, 0.717) is 24.0 Å². The Kier molecular flexibility index (Phi) is 5.24. The van der Waals surface area contributed by atoms with Gasteiger partial charge >= 0.3 is 0 Å². The molecule has 0 bridgehead atoms. The van der Waals surface area contributed by atoms with Crippen LogP contribution in [0.4, 0.5) is 10.1 Å². The second kappa shape index (κ2) is 7.83. The lowest BCUT2D eigenvalue weighted by molar-refractivity contribution is -0.116. The predicted molar refractivity (Wildman–Crippen MR) is 116 cm³/mol. The Bertz CT molecular complexity index is 1290. The van der Waals surface area contributed by atoms with Crippen LogP contribution >= 0.6 is 15.9 Å². The number of carbonyl (C=O) groups is 1. The molecule has 0 atom stereocenters. The molecule has 1 amide bonds. The number of hydrogen-bond donors (Lipinski definition) is 1. The highest BCUT2D eigenvalue weighted by atomic mass is 79.9. The van der Waals surface area contributed by atoms with Crippen molar-refractivity contribution in [3.63, 3.8) is 0 Å². The van der Waals surface area contributed by atoms with Gasteiger partial charge in [0.05, 0.1) is 11.0 Å².